The van der Waals surface area contributed by atoms with Crippen LogP contribution in [0.4, 0.5) is 0 Å². The van der Waals surface area contributed by atoms with Crippen LogP contribution in [-0.4, -0.2) is 15.0 Å². The van der Waals surface area contributed by atoms with Gasteiger partial charge in [-0.1, -0.05) is 41.9 Å². The molecule has 3 rings (SSSR count). The first-order chi connectivity index (χ1) is 7.84. The van der Waals surface area contributed by atoms with Gasteiger partial charge in [0.25, 0.3) is 0 Å². The molecule has 2 aromatic heterocycles. The van der Waals surface area contributed by atoms with Crippen molar-refractivity contribution in [2.75, 3.05) is 0 Å². The van der Waals surface area contributed by atoms with Crippen LogP contribution in [0.25, 0.3) is 21.7 Å². The molecule has 0 saturated carbocycles. The van der Waals surface area contributed by atoms with E-state index in [9.17, 15) is 0 Å². The second-order valence-corrected chi connectivity index (χ2v) is 4.40. The summed E-state index contributed by atoms with van der Waals surface area (Å²) in [4.78, 5) is 13.6. The highest BCUT2D eigenvalue weighted by Gasteiger charge is 2.09. The normalized spacial score (nSPS) is 10.8. The molecule has 0 atom stereocenters. The van der Waals surface area contributed by atoms with E-state index in [-0.39, 0.29) is 0 Å². The van der Waals surface area contributed by atoms with Gasteiger partial charge in [0.05, 0.1) is 5.51 Å². The highest BCUT2D eigenvalue weighted by Crippen LogP contribution is 2.25. The Morgan fingerprint density at radius 1 is 1.06 bits per heavy atom. The fraction of sp³-hybridized carbons (Fsp3) is 0. The Hall–Kier alpha value is -1.52. The summed E-state index contributed by atoms with van der Waals surface area (Å²) in [6.07, 6.45) is 0. The molecule has 0 aliphatic heterocycles. The van der Waals surface area contributed by atoms with Crippen molar-refractivity contribution in [3.8, 4) is 11.4 Å². The number of aromatic nitrogens is 3. The predicted molar refractivity (Wildman–Crippen MR) is 65.7 cm³/mol. The van der Waals surface area contributed by atoms with E-state index in [1.54, 1.807) is 5.51 Å². The predicted octanol–water partition coefficient (Wildman–Crippen LogP) is 3.41. The fourth-order valence-corrected chi connectivity index (χ4v) is 2.38. The van der Waals surface area contributed by atoms with Gasteiger partial charge in [-0.25, -0.2) is 15.0 Å². The van der Waals surface area contributed by atoms with Crippen LogP contribution in [0.15, 0.2) is 35.8 Å². The molecule has 0 N–H and O–H groups in total. The molecule has 0 bridgehead atoms. The smallest absolute Gasteiger partial charge is 0.162 e. The van der Waals surface area contributed by atoms with Crippen LogP contribution in [0, 0.1) is 0 Å². The minimum absolute atomic E-state index is 0.408. The molecule has 2 heterocycles. The Morgan fingerprint density at radius 2 is 1.88 bits per heavy atom. The summed E-state index contributed by atoms with van der Waals surface area (Å²) in [5, 5.41) is 0.408. The summed E-state index contributed by atoms with van der Waals surface area (Å²) in [6, 6.07) is 9.76. The summed E-state index contributed by atoms with van der Waals surface area (Å²) in [5.41, 5.74) is 3.35. The molecule has 1 aromatic carbocycles. The number of hydrogen-bond acceptors (Lipinski definition) is 4. The van der Waals surface area contributed by atoms with Crippen LogP contribution in [0.1, 0.15) is 0 Å². The lowest BCUT2D eigenvalue weighted by Gasteiger charge is -2.00. The van der Waals surface area contributed by atoms with Gasteiger partial charge in [-0.3, -0.25) is 0 Å². The molecular weight excluding hydrogens is 242 g/mol. The number of hydrogen-bond donors (Lipinski definition) is 0. The topological polar surface area (TPSA) is 38.7 Å². The summed E-state index contributed by atoms with van der Waals surface area (Å²) in [6.45, 7) is 0. The van der Waals surface area contributed by atoms with E-state index in [0.29, 0.717) is 16.5 Å². The molecule has 0 saturated heterocycles. The lowest BCUT2D eigenvalue weighted by atomic mass is 10.2. The maximum atomic E-state index is 6.05. The highest BCUT2D eigenvalue weighted by molar-refractivity contribution is 7.16. The first-order valence-corrected chi connectivity index (χ1v) is 5.92. The molecule has 0 spiro atoms. The van der Waals surface area contributed by atoms with Crippen molar-refractivity contribution in [3.05, 3.63) is 41.0 Å². The third-order valence-corrected chi connectivity index (χ3v) is 3.17. The standard InChI is InChI=1S/C11H6ClN3S/c12-9-8-11(16-6-13-8)15-10(14-9)7-4-2-1-3-5-7/h1-6H. The van der Waals surface area contributed by atoms with Crippen molar-refractivity contribution in [3.63, 3.8) is 0 Å². The first kappa shape index (κ1) is 9.69. The van der Waals surface area contributed by atoms with E-state index in [0.717, 1.165) is 10.4 Å². The third kappa shape index (κ3) is 1.56. The van der Waals surface area contributed by atoms with Crippen molar-refractivity contribution < 1.29 is 0 Å². The zero-order chi connectivity index (χ0) is 11.0. The summed E-state index contributed by atoms with van der Waals surface area (Å²) < 4.78 is 0. The van der Waals surface area contributed by atoms with Crippen LogP contribution >= 0.6 is 22.9 Å². The number of halogens is 1. The van der Waals surface area contributed by atoms with Crippen molar-refractivity contribution in [2.45, 2.75) is 0 Å². The average Bonchev–Trinajstić information content (AvgIpc) is 2.79. The molecule has 3 nitrogen and oxygen atoms in total. The Bertz CT molecular complexity index is 636. The van der Waals surface area contributed by atoms with Crippen LogP contribution in [-0.2, 0) is 0 Å². The van der Waals surface area contributed by atoms with Gasteiger partial charge in [-0.15, -0.1) is 11.3 Å². The lowest BCUT2D eigenvalue weighted by molar-refractivity contribution is 1.22. The molecule has 0 radical (unpaired) electrons. The first-order valence-electron chi connectivity index (χ1n) is 4.67. The van der Waals surface area contributed by atoms with Gasteiger partial charge in [0.15, 0.2) is 11.0 Å². The van der Waals surface area contributed by atoms with E-state index >= 15 is 0 Å². The highest BCUT2D eigenvalue weighted by atomic mass is 35.5. The molecule has 16 heavy (non-hydrogen) atoms. The van der Waals surface area contributed by atoms with E-state index < -0.39 is 0 Å². The molecular formula is C11H6ClN3S. The van der Waals surface area contributed by atoms with Gasteiger partial charge in [-0.2, -0.15) is 0 Å². The Kier molecular flexibility index (Phi) is 2.31. The molecule has 0 unspecified atom stereocenters. The number of fused-ring (bicyclic) bond motifs is 1. The van der Waals surface area contributed by atoms with E-state index in [1.165, 1.54) is 11.3 Å². The molecule has 0 aliphatic rings. The van der Waals surface area contributed by atoms with Crippen molar-refractivity contribution in [1.29, 1.82) is 0 Å². The number of benzene rings is 1. The molecule has 0 aliphatic carbocycles. The second-order valence-electron chi connectivity index (χ2n) is 3.21. The lowest BCUT2D eigenvalue weighted by Crippen LogP contribution is -1.89. The zero-order valence-corrected chi connectivity index (χ0v) is 9.66. The largest absolute Gasteiger partial charge is 0.240 e. The summed E-state index contributed by atoms with van der Waals surface area (Å²) in [7, 11) is 0. The monoisotopic (exact) mass is 247 g/mol. The van der Waals surface area contributed by atoms with Gasteiger partial charge < -0.3 is 0 Å². The van der Waals surface area contributed by atoms with Crippen LogP contribution in [0.5, 0.6) is 0 Å². The maximum Gasteiger partial charge on any atom is 0.162 e. The molecule has 0 amide bonds. The Morgan fingerprint density at radius 3 is 2.69 bits per heavy atom. The van der Waals surface area contributed by atoms with Gasteiger partial charge >= 0.3 is 0 Å². The van der Waals surface area contributed by atoms with Crippen molar-refractivity contribution in [2.24, 2.45) is 0 Å². The van der Waals surface area contributed by atoms with E-state index in [4.69, 9.17) is 11.6 Å². The van der Waals surface area contributed by atoms with Crippen molar-refractivity contribution in [1.82, 2.24) is 15.0 Å². The summed E-state index contributed by atoms with van der Waals surface area (Å²) >= 11 is 7.51. The van der Waals surface area contributed by atoms with Crippen LogP contribution < -0.4 is 0 Å². The maximum absolute atomic E-state index is 6.05. The molecule has 0 fully saturated rings. The second kappa shape index (κ2) is 3.81. The molecule has 5 heteroatoms. The minimum atomic E-state index is 0.408. The fourth-order valence-electron chi connectivity index (χ4n) is 1.44. The number of nitrogens with zero attached hydrogens (tertiary/aromatic N) is 3. The number of thiazole rings is 1. The number of rotatable bonds is 1. The van der Waals surface area contributed by atoms with Gasteiger partial charge in [-0.05, 0) is 0 Å². The van der Waals surface area contributed by atoms with Gasteiger partial charge in [0.2, 0.25) is 0 Å². The average molecular weight is 248 g/mol. The molecule has 3 aromatic rings. The van der Waals surface area contributed by atoms with E-state index in [1.807, 2.05) is 30.3 Å². The Labute approximate surface area is 101 Å². The van der Waals surface area contributed by atoms with Gasteiger partial charge in [0.1, 0.15) is 10.3 Å². The quantitative estimate of drug-likeness (QED) is 0.619. The van der Waals surface area contributed by atoms with E-state index in [2.05, 4.69) is 15.0 Å². The minimum Gasteiger partial charge on any atom is -0.240 e. The third-order valence-electron chi connectivity index (χ3n) is 2.19. The van der Waals surface area contributed by atoms with Crippen LogP contribution in [0.2, 0.25) is 5.15 Å². The summed E-state index contributed by atoms with van der Waals surface area (Å²) in [5.74, 6) is 0.641. The van der Waals surface area contributed by atoms with Gasteiger partial charge in [0, 0.05) is 5.56 Å². The van der Waals surface area contributed by atoms with Crippen molar-refractivity contribution >= 4 is 33.3 Å². The Balaban J connectivity index is 2.25. The zero-order valence-electron chi connectivity index (χ0n) is 8.09. The van der Waals surface area contributed by atoms with Crippen LogP contribution in [0.3, 0.4) is 0 Å². The SMILES string of the molecule is Clc1nc(-c2ccccc2)nc2scnc12. The molecule has 78 valence electrons.